The van der Waals surface area contributed by atoms with E-state index in [0.717, 1.165) is 19.6 Å². The van der Waals surface area contributed by atoms with Crippen molar-refractivity contribution in [3.05, 3.63) is 11.9 Å². The van der Waals surface area contributed by atoms with E-state index in [1.807, 2.05) is 0 Å². The number of carbonyl (C=O) groups is 1. The predicted octanol–water partition coefficient (Wildman–Crippen LogP) is -0.202. The molecule has 1 aromatic rings. The molecule has 7 heteroatoms. The number of primary amides is 1. The van der Waals surface area contributed by atoms with Crippen molar-refractivity contribution in [2.45, 2.75) is 19.4 Å². The number of nitrogens with two attached hydrogens (primary N) is 1. The molecule has 3 N–H and O–H groups in total. The number of hydrogen-bond donors (Lipinski definition) is 2. The second kappa shape index (κ2) is 5.81. The van der Waals surface area contributed by atoms with Crippen molar-refractivity contribution in [3.63, 3.8) is 0 Å². The monoisotopic (exact) mass is 245 g/mol. The molecule has 6 nitrogen and oxygen atoms in total. The first-order valence-corrected chi connectivity index (χ1v) is 5.16. The lowest BCUT2D eigenvalue weighted by Crippen LogP contribution is -2.32. The zero-order valence-corrected chi connectivity index (χ0v) is 9.74. The maximum absolute atomic E-state index is 10.8. The molecule has 1 atom stereocenters. The molecule has 1 aromatic heterocycles. The first kappa shape index (κ1) is 12.9. The van der Waals surface area contributed by atoms with Gasteiger partial charge in [-0.2, -0.15) is 0 Å². The van der Waals surface area contributed by atoms with E-state index in [2.05, 4.69) is 15.6 Å². The van der Waals surface area contributed by atoms with Crippen LogP contribution < -0.4 is 11.1 Å². The van der Waals surface area contributed by atoms with E-state index in [0.29, 0.717) is 5.92 Å². The van der Waals surface area contributed by atoms with Gasteiger partial charge in [0.05, 0.1) is 6.20 Å². The van der Waals surface area contributed by atoms with Gasteiger partial charge in [-0.15, -0.1) is 17.5 Å². The summed E-state index contributed by atoms with van der Waals surface area (Å²) in [4.78, 5) is 10.8. The highest BCUT2D eigenvalue weighted by molar-refractivity contribution is 5.90. The molecule has 2 heterocycles. The van der Waals surface area contributed by atoms with Crippen LogP contribution >= 0.6 is 12.4 Å². The fourth-order valence-corrected chi connectivity index (χ4v) is 1.84. The summed E-state index contributed by atoms with van der Waals surface area (Å²) in [6, 6.07) is 0. The molecule has 0 aromatic carbocycles. The summed E-state index contributed by atoms with van der Waals surface area (Å²) in [5, 5.41) is 10.9. The van der Waals surface area contributed by atoms with Gasteiger partial charge in [0.25, 0.3) is 5.91 Å². The van der Waals surface area contributed by atoms with E-state index < -0.39 is 5.91 Å². The fourth-order valence-electron chi connectivity index (χ4n) is 1.84. The Balaban J connectivity index is 0.00000128. The van der Waals surface area contributed by atoms with Crippen molar-refractivity contribution in [2.75, 3.05) is 13.1 Å². The number of piperidine rings is 1. The third-order valence-electron chi connectivity index (χ3n) is 2.64. The van der Waals surface area contributed by atoms with Gasteiger partial charge in [-0.1, -0.05) is 5.21 Å². The third-order valence-corrected chi connectivity index (χ3v) is 2.64. The van der Waals surface area contributed by atoms with Crippen molar-refractivity contribution in [3.8, 4) is 0 Å². The first-order valence-electron chi connectivity index (χ1n) is 5.16. The average molecular weight is 246 g/mol. The lowest BCUT2D eigenvalue weighted by molar-refractivity contribution is 0.0995. The van der Waals surface area contributed by atoms with Gasteiger partial charge in [-0.05, 0) is 31.8 Å². The summed E-state index contributed by atoms with van der Waals surface area (Å²) in [7, 11) is 0. The molecular formula is C9H16ClN5O. The number of hydrogen-bond acceptors (Lipinski definition) is 4. The number of amides is 1. The Morgan fingerprint density at radius 3 is 3.06 bits per heavy atom. The summed E-state index contributed by atoms with van der Waals surface area (Å²) in [6.45, 7) is 2.90. The van der Waals surface area contributed by atoms with Gasteiger partial charge in [0.1, 0.15) is 0 Å². The van der Waals surface area contributed by atoms with E-state index in [9.17, 15) is 4.79 Å². The minimum absolute atomic E-state index is 0. The van der Waals surface area contributed by atoms with Crippen LogP contribution in [0.1, 0.15) is 23.3 Å². The molecule has 1 unspecified atom stereocenters. The first-order chi connectivity index (χ1) is 7.25. The summed E-state index contributed by atoms with van der Waals surface area (Å²) >= 11 is 0. The summed E-state index contributed by atoms with van der Waals surface area (Å²) in [5.41, 5.74) is 5.33. The van der Waals surface area contributed by atoms with Crippen LogP contribution in [-0.2, 0) is 6.54 Å². The molecule has 0 bridgehead atoms. The summed E-state index contributed by atoms with van der Waals surface area (Å²) < 4.78 is 1.69. The number of rotatable bonds is 3. The molecule has 0 radical (unpaired) electrons. The van der Waals surface area contributed by atoms with E-state index in [1.54, 1.807) is 10.9 Å². The minimum atomic E-state index is -0.525. The molecule has 1 saturated heterocycles. The van der Waals surface area contributed by atoms with Gasteiger partial charge in [-0.25, -0.2) is 0 Å². The van der Waals surface area contributed by atoms with Crippen LogP contribution in [0.2, 0.25) is 0 Å². The SMILES string of the molecule is Cl.NC(=O)c1cn(CC2CCCNC2)nn1. The largest absolute Gasteiger partial charge is 0.364 e. The smallest absolute Gasteiger partial charge is 0.270 e. The zero-order valence-electron chi connectivity index (χ0n) is 8.93. The van der Waals surface area contributed by atoms with Crippen LogP contribution in [0.3, 0.4) is 0 Å². The van der Waals surface area contributed by atoms with Crippen LogP contribution in [0.4, 0.5) is 0 Å². The Bertz CT molecular complexity index is 347. The Morgan fingerprint density at radius 2 is 2.50 bits per heavy atom. The highest BCUT2D eigenvalue weighted by atomic mass is 35.5. The van der Waals surface area contributed by atoms with Crippen LogP contribution in [0.15, 0.2) is 6.20 Å². The van der Waals surface area contributed by atoms with Crippen molar-refractivity contribution in [1.82, 2.24) is 20.3 Å². The number of nitrogens with one attached hydrogen (secondary N) is 1. The Morgan fingerprint density at radius 1 is 1.69 bits per heavy atom. The van der Waals surface area contributed by atoms with Crippen LogP contribution in [0.25, 0.3) is 0 Å². The van der Waals surface area contributed by atoms with E-state index in [4.69, 9.17) is 5.73 Å². The van der Waals surface area contributed by atoms with Crippen LogP contribution in [-0.4, -0.2) is 34.0 Å². The molecule has 0 aliphatic carbocycles. The number of nitrogens with zero attached hydrogens (tertiary/aromatic N) is 3. The zero-order chi connectivity index (χ0) is 10.7. The normalized spacial score (nSPS) is 20.1. The number of halogens is 1. The maximum Gasteiger partial charge on any atom is 0.270 e. The van der Waals surface area contributed by atoms with Crippen molar-refractivity contribution in [2.24, 2.45) is 11.7 Å². The van der Waals surface area contributed by atoms with Crippen molar-refractivity contribution >= 4 is 18.3 Å². The Labute approximate surface area is 100.0 Å². The van der Waals surface area contributed by atoms with Crippen molar-refractivity contribution < 1.29 is 4.79 Å². The summed E-state index contributed by atoms with van der Waals surface area (Å²) in [5.74, 6) is 0.0456. The molecule has 1 aliphatic heterocycles. The molecular weight excluding hydrogens is 230 g/mol. The average Bonchev–Trinajstić information content (AvgIpc) is 2.68. The third kappa shape index (κ3) is 3.18. The highest BCUT2D eigenvalue weighted by Crippen LogP contribution is 2.11. The number of aromatic nitrogens is 3. The maximum atomic E-state index is 10.8. The fraction of sp³-hybridized carbons (Fsp3) is 0.667. The molecule has 90 valence electrons. The second-order valence-electron chi connectivity index (χ2n) is 3.90. The highest BCUT2D eigenvalue weighted by Gasteiger charge is 2.15. The quantitative estimate of drug-likeness (QED) is 0.772. The topological polar surface area (TPSA) is 85.8 Å². The number of carbonyl (C=O) groups excluding carboxylic acids is 1. The van der Waals surface area contributed by atoms with Gasteiger partial charge in [0.2, 0.25) is 0 Å². The van der Waals surface area contributed by atoms with E-state index in [-0.39, 0.29) is 18.1 Å². The molecule has 16 heavy (non-hydrogen) atoms. The molecule has 1 fully saturated rings. The summed E-state index contributed by atoms with van der Waals surface area (Å²) in [6.07, 6.45) is 4.00. The van der Waals surface area contributed by atoms with E-state index in [1.165, 1.54) is 12.8 Å². The van der Waals surface area contributed by atoms with Gasteiger partial charge in [0, 0.05) is 6.54 Å². The molecule has 0 saturated carbocycles. The second-order valence-corrected chi connectivity index (χ2v) is 3.90. The van der Waals surface area contributed by atoms with Crippen LogP contribution in [0, 0.1) is 5.92 Å². The lowest BCUT2D eigenvalue weighted by atomic mass is 10.00. The molecule has 0 spiro atoms. The van der Waals surface area contributed by atoms with Crippen molar-refractivity contribution in [1.29, 1.82) is 0 Å². The molecule has 2 rings (SSSR count). The van der Waals surface area contributed by atoms with Crippen LogP contribution in [0.5, 0.6) is 0 Å². The van der Waals surface area contributed by atoms with Gasteiger partial charge in [-0.3, -0.25) is 9.48 Å². The van der Waals surface area contributed by atoms with Gasteiger partial charge < -0.3 is 11.1 Å². The Hall–Kier alpha value is -1.14. The standard InChI is InChI=1S/C9H15N5O.ClH/c10-9(15)8-6-14(13-12-8)5-7-2-1-3-11-4-7;/h6-7,11H,1-5H2,(H2,10,15);1H. The predicted molar refractivity (Wildman–Crippen MR) is 61.4 cm³/mol. The Kier molecular flexibility index (Phi) is 4.70. The van der Waals surface area contributed by atoms with Gasteiger partial charge in [0.15, 0.2) is 5.69 Å². The van der Waals surface area contributed by atoms with Gasteiger partial charge >= 0.3 is 0 Å². The van der Waals surface area contributed by atoms with E-state index >= 15 is 0 Å². The molecule has 1 amide bonds. The minimum Gasteiger partial charge on any atom is -0.364 e. The molecule has 1 aliphatic rings. The lowest BCUT2D eigenvalue weighted by Gasteiger charge is -2.22.